The topological polar surface area (TPSA) is 33.1 Å². The SMILES string of the molecule is OC(CC(F)(F)F)c1cc(F)cc2ccncc12. The van der Waals surface area contributed by atoms with Crippen LogP contribution < -0.4 is 0 Å². The number of hydrogen-bond acceptors (Lipinski definition) is 2. The number of halogens is 4. The molecule has 0 fully saturated rings. The Bertz CT molecular complexity index is 567. The molecule has 2 aromatic rings. The normalized spacial score (nSPS) is 13.8. The van der Waals surface area contributed by atoms with Gasteiger partial charge in [-0.25, -0.2) is 4.39 Å². The lowest BCUT2D eigenvalue weighted by Gasteiger charge is -2.15. The molecular formula is C12H9F4NO. The molecule has 0 saturated carbocycles. The maximum atomic E-state index is 13.3. The van der Waals surface area contributed by atoms with Crippen molar-refractivity contribution in [1.29, 1.82) is 0 Å². The highest BCUT2D eigenvalue weighted by Crippen LogP contribution is 2.33. The number of aliphatic hydroxyl groups excluding tert-OH is 1. The quantitative estimate of drug-likeness (QED) is 0.839. The number of fused-ring (bicyclic) bond motifs is 1. The lowest BCUT2D eigenvalue weighted by Crippen LogP contribution is -2.14. The Morgan fingerprint density at radius 1 is 1.28 bits per heavy atom. The van der Waals surface area contributed by atoms with E-state index < -0.39 is 24.5 Å². The van der Waals surface area contributed by atoms with Gasteiger partial charge in [-0.1, -0.05) is 0 Å². The van der Waals surface area contributed by atoms with E-state index >= 15 is 0 Å². The maximum absolute atomic E-state index is 13.3. The highest BCUT2D eigenvalue weighted by molar-refractivity contribution is 5.85. The van der Waals surface area contributed by atoms with E-state index in [2.05, 4.69) is 4.98 Å². The molecule has 18 heavy (non-hydrogen) atoms. The molecule has 0 aliphatic heterocycles. The predicted octanol–water partition coefficient (Wildman–Crippen LogP) is 3.36. The van der Waals surface area contributed by atoms with Gasteiger partial charge in [0, 0.05) is 17.8 Å². The molecule has 1 atom stereocenters. The molecule has 0 saturated heterocycles. The van der Waals surface area contributed by atoms with Gasteiger partial charge < -0.3 is 5.11 Å². The summed E-state index contributed by atoms with van der Waals surface area (Å²) in [7, 11) is 0. The van der Waals surface area contributed by atoms with Crippen molar-refractivity contribution in [2.24, 2.45) is 0 Å². The summed E-state index contributed by atoms with van der Waals surface area (Å²) in [5.41, 5.74) is -0.101. The summed E-state index contributed by atoms with van der Waals surface area (Å²) in [4.78, 5) is 3.77. The van der Waals surface area contributed by atoms with Crippen LogP contribution in [0.15, 0.2) is 30.6 Å². The third-order valence-electron chi connectivity index (χ3n) is 2.54. The van der Waals surface area contributed by atoms with Crippen LogP contribution in [-0.2, 0) is 0 Å². The van der Waals surface area contributed by atoms with E-state index in [4.69, 9.17) is 0 Å². The Kier molecular flexibility index (Phi) is 3.21. The Hall–Kier alpha value is -1.69. The first-order chi connectivity index (χ1) is 8.37. The summed E-state index contributed by atoms with van der Waals surface area (Å²) in [5, 5.41) is 10.3. The standard InChI is InChI=1S/C12H9F4NO/c13-8-3-7-1-2-17-6-10(7)9(4-8)11(18)5-12(14,15)16/h1-4,6,11,18H,5H2. The van der Waals surface area contributed by atoms with Gasteiger partial charge in [0.05, 0.1) is 12.5 Å². The van der Waals surface area contributed by atoms with Crippen molar-refractivity contribution < 1.29 is 22.7 Å². The monoisotopic (exact) mass is 259 g/mol. The Balaban J connectivity index is 2.49. The van der Waals surface area contributed by atoms with E-state index in [0.717, 1.165) is 6.07 Å². The summed E-state index contributed by atoms with van der Waals surface area (Å²) < 4.78 is 49.9. The minimum atomic E-state index is -4.51. The second-order valence-electron chi connectivity index (χ2n) is 3.93. The molecule has 2 nitrogen and oxygen atoms in total. The zero-order valence-corrected chi connectivity index (χ0v) is 9.08. The molecule has 1 aromatic carbocycles. The Labute approximate surface area is 99.9 Å². The number of benzene rings is 1. The molecule has 0 bridgehead atoms. The van der Waals surface area contributed by atoms with Crippen molar-refractivity contribution >= 4 is 10.8 Å². The minimum absolute atomic E-state index is 0.101. The van der Waals surface area contributed by atoms with Gasteiger partial charge in [-0.3, -0.25) is 4.98 Å². The van der Waals surface area contributed by atoms with Crippen LogP contribution in [0.1, 0.15) is 18.1 Å². The summed E-state index contributed by atoms with van der Waals surface area (Å²) in [6.45, 7) is 0. The molecule has 1 aromatic heterocycles. The molecule has 0 amide bonds. The van der Waals surface area contributed by atoms with E-state index in [1.165, 1.54) is 24.5 Å². The van der Waals surface area contributed by atoms with Crippen molar-refractivity contribution in [1.82, 2.24) is 4.98 Å². The van der Waals surface area contributed by atoms with Gasteiger partial charge in [0.1, 0.15) is 5.82 Å². The molecule has 96 valence electrons. The largest absolute Gasteiger partial charge is 0.391 e. The van der Waals surface area contributed by atoms with Gasteiger partial charge >= 0.3 is 6.18 Å². The van der Waals surface area contributed by atoms with Crippen molar-refractivity contribution in [3.63, 3.8) is 0 Å². The first kappa shape index (κ1) is 12.8. The maximum Gasteiger partial charge on any atom is 0.391 e. The summed E-state index contributed by atoms with van der Waals surface area (Å²) in [5.74, 6) is -0.690. The van der Waals surface area contributed by atoms with Crippen LogP contribution in [0.4, 0.5) is 17.6 Å². The van der Waals surface area contributed by atoms with Gasteiger partial charge in [-0.05, 0) is 29.1 Å². The van der Waals surface area contributed by atoms with Gasteiger partial charge in [0.25, 0.3) is 0 Å². The second-order valence-corrected chi connectivity index (χ2v) is 3.93. The fourth-order valence-corrected chi connectivity index (χ4v) is 1.79. The number of nitrogens with zero attached hydrogens (tertiary/aromatic N) is 1. The van der Waals surface area contributed by atoms with Crippen molar-refractivity contribution in [3.8, 4) is 0 Å². The van der Waals surface area contributed by atoms with Crippen molar-refractivity contribution in [2.75, 3.05) is 0 Å². The second kappa shape index (κ2) is 4.53. The summed E-state index contributed by atoms with van der Waals surface area (Å²) >= 11 is 0. The van der Waals surface area contributed by atoms with Crippen molar-refractivity contribution in [2.45, 2.75) is 18.7 Å². The van der Waals surface area contributed by atoms with Gasteiger partial charge in [0.2, 0.25) is 0 Å². The average molecular weight is 259 g/mol. The van der Waals surface area contributed by atoms with Crippen LogP contribution >= 0.6 is 0 Å². The third-order valence-corrected chi connectivity index (χ3v) is 2.54. The predicted molar refractivity (Wildman–Crippen MR) is 57.3 cm³/mol. The summed E-state index contributed by atoms with van der Waals surface area (Å²) in [6.07, 6.45) is -5.01. The highest BCUT2D eigenvalue weighted by atomic mass is 19.4. The van der Waals surface area contributed by atoms with Gasteiger partial charge in [0.15, 0.2) is 0 Å². The van der Waals surface area contributed by atoms with E-state index in [1.807, 2.05) is 0 Å². The van der Waals surface area contributed by atoms with Gasteiger partial charge in [-0.2, -0.15) is 13.2 Å². The number of rotatable bonds is 2. The molecule has 0 aliphatic rings. The third kappa shape index (κ3) is 2.76. The van der Waals surface area contributed by atoms with Crippen LogP contribution in [0, 0.1) is 5.82 Å². The van der Waals surface area contributed by atoms with Gasteiger partial charge in [-0.15, -0.1) is 0 Å². The van der Waals surface area contributed by atoms with E-state index in [9.17, 15) is 22.7 Å². The molecule has 1 heterocycles. The first-order valence-corrected chi connectivity index (χ1v) is 5.15. The zero-order chi connectivity index (χ0) is 13.3. The summed E-state index contributed by atoms with van der Waals surface area (Å²) in [6, 6.07) is 3.56. The molecule has 0 aliphatic carbocycles. The molecule has 0 radical (unpaired) electrons. The Morgan fingerprint density at radius 3 is 2.67 bits per heavy atom. The van der Waals surface area contributed by atoms with Crippen LogP contribution in [0.5, 0.6) is 0 Å². The molecule has 6 heteroatoms. The van der Waals surface area contributed by atoms with E-state index in [1.54, 1.807) is 0 Å². The number of aromatic nitrogens is 1. The van der Waals surface area contributed by atoms with E-state index in [0.29, 0.717) is 10.8 Å². The fraction of sp³-hybridized carbons (Fsp3) is 0.250. The highest BCUT2D eigenvalue weighted by Gasteiger charge is 2.32. The van der Waals surface area contributed by atoms with Crippen LogP contribution in [0.3, 0.4) is 0 Å². The smallest absolute Gasteiger partial charge is 0.388 e. The first-order valence-electron chi connectivity index (χ1n) is 5.15. The molecule has 2 rings (SSSR count). The lowest BCUT2D eigenvalue weighted by atomic mass is 10.00. The minimum Gasteiger partial charge on any atom is -0.388 e. The fourth-order valence-electron chi connectivity index (χ4n) is 1.79. The van der Waals surface area contributed by atoms with E-state index in [-0.39, 0.29) is 5.56 Å². The number of hydrogen-bond donors (Lipinski definition) is 1. The average Bonchev–Trinajstić information content (AvgIpc) is 2.25. The molecule has 0 spiro atoms. The van der Waals surface area contributed by atoms with Crippen LogP contribution in [-0.4, -0.2) is 16.3 Å². The Morgan fingerprint density at radius 2 is 2.00 bits per heavy atom. The zero-order valence-electron chi connectivity index (χ0n) is 9.08. The molecular weight excluding hydrogens is 250 g/mol. The number of pyridine rings is 1. The number of alkyl halides is 3. The molecule has 1 unspecified atom stereocenters. The van der Waals surface area contributed by atoms with Crippen LogP contribution in [0.25, 0.3) is 10.8 Å². The molecule has 1 N–H and O–H groups in total. The van der Waals surface area contributed by atoms with Crippen LogP contribution in [0.2, 0.25) is 0 Å². The lowest BCUT2D eigenvalue weighted by molar-refractivity contribution is -0.154. The number of aliphatic hydroxyl groups is 1. The van der Waals surface area contributed by atoms with Crippen molar-refractivity contribution in [3.05, 3.63) is 42.0 Å².